The van der Waals surface area contributed by atoms with Crippen molar-refractivity contribution < 1.29 is 47.9 Å². The summed E-state index contributed by atoms with van der Waals surface area (Å²) in [6.45, 7) is 53.8. The third-order valence-corrected chi connectivity index (χ3v) is 8.66. The third kappa shape index (κ3) is 59.5. The highest BCUT2D eigenvalue weighted by Gasteiger charge is 2.26. The predicted octanol–water partition coefficient (Wildman–Crippen LogP) is 11.3. The van der Waals surface area contributed by atoms with E-state index in [9.17, 15) is 47.9 Å². The van der Waals surface area contributed by atoms with E-state index in [2.05, 4.69) is 20.9 Å². The summed E-state index contributed by atoms with van der Waals surface area (Å²) in [5.74, 6) is 0.771. The monoisotopic (exact) mass is 1010 g/mol. The van der Waals surface area contributed by atoms with Gasteiger partial charge in [-0.2, -0.15) is 0 Å². The van der Waals surface area contributed by atoms with Crippen molar-refractivity contribution in [2.45, 2.75) is 244 Å². The van der Waals surface area contributed by atoms with E-state index in [1.165, 1.54) is 20.9 Å². The molecule has 0 fully saturated rings. The average molecular weight is 1010 g/mol. The number of amides is 4. The van der Waals surface area contributed by atoms with Crippen molar-refractivity contribution in [1.82, 2.24) is 16.0 Å². The van der Waals surface area contributed by atoms with E-state index in [1.807, 2.05) is 165 Å². The van der Waals surface area contributed by atoms with Crippen molar-refractivity contribution >= 4 is 64.5 Å². The summed E-state index contributed by atoms with van der Waals surface area (Å²) in [6, 6.07) is -0.475. The van der Waals surface area contributed by atoms with Crippen molar-refractivity contribution in [2.75, 3.05) is 7.05 Å². The van der Waals surface area contributed by atoms with E-state index >= 15 is 0 Å². The summed E-state index contributed by atoms with van der Waals surface area (Å²) < 4.78 is 0. The molecule has 4 amide bonds. The van der Waals surface area contributed by atoms with Gasteiger partial charge in [-0.3, -0.25) is 48.1 Å². The molecule has 0 saturated carbocycles. The maximum atomic E-state index is 11.5. The maximum Gasteiger partial charge on any atom is 0.312 e. The molecule has 15 nitrogen and oxygen atoms in total. The van der Waals surface area contributed by atoms with Gasteiger partial charge in [0.05, 0.1) is 12.8 Å². The minimum absolute atomic E-state index is 0.0139. The summed E-state index contributed by atoms with van der Waals surface area (Å²) in [4.78, 5) is 112. The van der Waals surface area contributed by atoms with E-state index in [0.29, 0.717) is 30.1 Å². The molecule has 5 N–H and O–H groups in total. The molecule has 0 radical (unpaired) electrons. The zero-order valence-corrected chi connectivity index (χ0v) is 50.8. The highest BCUT2D eigenvalue weighted by molar-refractivity contribution is 6.02. The van der Waals surface area contributed by atoms with Gasteiger partial charge in [-0.05, 0) is 61.5 Å². The van der Waals surface area contributed by atoms with Crippen LogP contribution in [0.1, 0.15) is 233 Å². The smallest absolute Gasteiger partial charge is 0.312 e. The Kier molecular flexibility index (Phi) is 40.1. The maximum absolute atomic E-state index is 11.5. The van der Waals surface area contributed by atoms with Crippen LogP contribution < -0.4 is 21.7 Å². The Labute approximate surface area is 433 Å². The highest BCUT2D eigenvalue weighted by atomic mass is 16.2. The Morgan fingerprint density at radius 2 is 0.803 bits per heavy atom. The number of urea groups is 1. The van der Waals surface area contributed by atoms with Gasteiger partial charge in [-0.1, -0.05) is 138 Å². The van der Waals surface area contributed by atoms with E-state index in [4.69, 9.17) is 5.73 Å². The molecule has 0 aromatic rings. The largest absolute Gasteiger partial charge is 0.359 e. The van der Waals surface area contributed by atoms with Crippen LogP contribution in [-0.2, 0) is 43.2 Å². The molecule has 15 heteroatoms. The quantitative estimate of drug-likeness (QED) is 0.176. The molecule has 0 spiro atoms. The van der Waals surface area contributed by atoms with Crippen molar-refractivity contribution in [3.05, 3.63) is 11.8 Å². The zero-order chi connectivity index (χ0) is 59.1. The van der Waals surface area contributed by atoms with Crippen LogP contribution in [0.4, 0.5) is 4.79 Å². The first-order valence-electron chi connectivity index (χ1n) is 24.5. The number of Topliss-reactive ketones (excluding diaryl/α,β-unsaturated/α-hetero) is 7. The Balaban J connectivity index is -0.000000133. The van der Waals surface area contributed by atoms with Gasteiger partial charge in [0.15, 0.2) is 5.78 Å². The minimum Gasteiger partial charge on any atom is -0.359 e. The lowest BCUT2D eigenvalue weighted by Crippen LogP contribution is -2.43. The van der Waals surface area contributed by atoms with Crippen molar-refractivity contribution in [2.24, 2.45) is 43.2 Å². The van der Waals surface area contributed by atoms with Crippen molar-refractivity contribution in [1.29, 1.82) is 0 Å². The number of nitrogens with two attached hydrogens (primary N) is 1. The number of allylic oxidation sites excluding steroid dienone is 2. The molecule has 1 aliphatic rings. The number of nitrogens with zero attached hydrogens (tertiary/aromatic N) is 1. The molecule has 1 heterocycles. The predicted molar refractivity (Wildman–Crippen MR) is 294 cm³/mol. The fourth-order valence-corrected chi connectivity index (χ4v) is 3.85. The number of aliphatic imine (C=N–C) groups is 1. The second-order valence-corrected chi connectivity index (χ2v) is 25.3. The van der Waals surface area contributed by atoms with Gasteiger partial charge in [0.25, 0.3) is 0 Å². The Morgan fingerprint density at radius 1 is 0.493 bits per heavy atom. The molecular weight excluding hydrogens is 903 g/mol. The number of nitrogens with one attached hydrogen (secondary N) is 3. The normalized spacial score (nSPS) is 12.1. The number of rotatable bonds is 7. The van der Waals surface area contributed by atoms with Gasteiger partial charge in [0.1, 0.15) is 40.4 Å². The molecule has 0 aromatic carbocycles. The van der Waals surface area contributed by atoms with Crippen LogP contribution in [0.25, 0.3) is 0 Å². The fourth-order valence-electron chi connectivity index (χ4n) is 3.85. The summed E-state index contributed by atoms with van der Waals surface area (Å²) in [6.07, 6.45) is 5.81. The Hall–Kier alpha value is -4.69. The lowest BCUT2D eigenvalue weighted by atomic mass is 9.88. The standard InChI is InChI=1S/C9H13NO.C8H15NO2.C8H14O2.2C7H14O.C6H13NO.C6H12O.C5H12N2O/c1-9(2,3)8(11)7-5-4-6-10-7;1-8(2,3)6(10)5-7(11)9-4;1-6(9)5-7(10)8(2,3)4;2*1-5-6(8)7(2,3)4;1-5(8)7-6(2,3)4;1-5(7)6(2,3)4;1-5(2,3)7-4(6)8/h5-6H,4H2,1-3H3;5H2,1-4H3,(H,9,11);5H2,1-4H3;2*5H2,1-4H3;1-4H3,(H,7,8);1-4H3;1-3H3,(H3,6,7,8). The zero-order valence-electron chi connectivity index (χ0n) is 50.8. The van der Waals surface area contributed by atoms with Crippen LogP contribution in [-0.4, -0.2) is 82.7 Å². The van der Waals surface area contributed by atoms with Crippen LogP contribution in [0.2, 0.25) is 0 Å². The molecule has 1 aliphatic heterocycles. The van der Waals surface area contributed by atoms with Gasteiger partial charge >= 0.3 is 6.03 Å². The van der Waals surface area contributed by atoms with E-state index < -0.39 is 11.4 Å². The molecule has 416 valence electrons. The van der Waals surface area contributed by atoms with Gasteiger partial charge in [-0.25, -0.2) is 4.79 Å². The summed E-state index contributed by atoms with van der Waals surface area (Å²) in [7, 11) is 1.53. The van der Waals surface area contributed by atoms with Gasteiger partial charge in [0.2, 0.25) is 11.8 Å². The first-order valence-corrected chi connectivity index (χ1v) is 24.5. The number of carbonyl (C=O) groups is 10. The van der Waals surface area contributed by atoms with Gasteiger partial charge in [0, 0.05) is 83.0 Å². The number of primary amides is 1. The van der Waals surface area contributed by atoms with Crippen LogP contribution in [0.15, 0.2) is 16.8 Å². The molecule has 0 aliphatic carbocycles. The lowest BCUT2D eigenvalue weighted by Gasteiger charge is -2.18. The summed E-state index contributed by atoms with van der Waals surface area (Å²) in [5, 5.41) is 7.67. The Morgan fingerprint density at radius 3 is 0.915 bits per heavy atom. The third-order valence-electron chi connectivity index (χ3n) is 8.66. The molecule has 0 saturated heterocycles. The number of hydrogen-bond acceptors (Lipinski definition) is 11. The fraction of sp³-hybridized carbons (Fsp3) is 0.768. The molecule has 0 atom stereocenters. The number of ketones is 7. The summed E-state index contributed by atoms with van der Waals surface area (Å²) >= 11 is 0. The molecular formula is C56H107N5O10. The van der Waals surface area contributed by atoms with Crippen LogP contribution in [0.3, 0.4) is 0 Å². The molecule has 0 bridgehead atoms. The molecule has 0 aromatic heterocycles. The SMILES string of the molecule is CC(=O)C(C)(C)C.CC(=O)CC(=O)C(C)(C)C.CC(=O)NC(C)(C)C.CC(C)(C)C(=O)C1=CCC=N1.CC(C)(C)NC(N)=O.CCC(=O)C(C)(C)C.CCC(=O)C(C)(C)C.CNC(=O)CC(=O)C(C)(C)C. The second kappa shape index (κ2) is 35.4. The number of hydrogen-bond donors (Lipinski definition) is 4. The summed E-state index contributed by atoms with van der Waals surface area (Å²) in [5.41, 5.74) is 3.69. The van der Waals surface area contributed by atoms with Crippen molar-refractivity contribution in [3.63, 3.8) is 0 Å². The van der Waals surface area contributed by atoms with Gasteiger partial charge < -0.3 is 21.7 Å². The van der Waals surface area contributed by atoms with Crippen molar-refractivity contribution in [3.8, 4) is 0 Å². The second-order valence-electron chi connectivity index (χ2n) is 25.3. The first kappa shape index (κ1) is 80.4. The van der Waals surface area contributed by atoms with Gasteiger partial charge in [-0.15, -0.1) is 0 Å². The molecule has 1 rings (SSSR count). The Bertz CT molecular complexity index is 1700. The lowest BCUT2D eigenvalue weighted by molar-refractivity contribution is -0.133. The molecule has 71 heavy (non-hydrogen) atoms. The van der Waals surface area contributed by atoms with Crippen LogP contribution in [0, 0.1) is 32.5 Å². The molecule has 0 unspecified atom stereocenters. The highest BCUT2D eigenvalue weighted by Crippen LogP contribution is 2.22. The number of carbonyl (C=O) groups excluding carboxylic acids is 10. The van der Waals surface area contributed by atoms with E-state index in [-0.39, 0.29) is 91.7 Å². The van der Waals surface area contributed by atoms with Crippen LogP contribution >= 0.6 is 0 Å². The minimum atomic E-state index is -0.475. The average Bonchev–Trinajstić information content (AvgIpc) is 3.66. The van der Waals surface area contributed by atoms with Crippen LogP contribution in [0.5, 0.6) is 0 Å². The first-order chi connectivity index (χ1) is 31.0. The van der Waals surface area contributed by atoms with E-state index in [0.717, 1.165) is 6.42 Å². The van der Waals surface area contributed by atoms with E-state index in [1.54, 1.807) is 33.9 Å². The topological polar surface area (TPSA) is 245 Å².